The maximum Gasteiger partial charge on any atom is 0.612 e. The number of rotatable bonds is 19. The van der Waals surface area contributed by atoms with E-state index in [-0.39, 0.29) is 13.2 Å². The van der Waals surface area contributed by atoms with Crippen LogP contribution < -0.4 is 19.6 Å². The van der Waals surface area contributed by atoms with Gasteiger partial charge in [-0.3, -0.25) is 0 Å². The molecule has 0 bridgehead atoms. The predicted octanol–water partition coefficient (Wildman–Crippen LogP) is 6.40. The van der Waals surface area contributed by atoms with E-state index in [1.807, 2.05) is 6.92 Å². The van der Waals surface area contributed by atoms with E-state index in [0.29, 0.717) is 11.3 Å². The minimum absolute atomic E-state index is 0.198. The SMILES string of the molecule is CC(C)=CCC/C=C/CC/C(C)=C/CC/C(C)=C/CO[P+]([O-])(O)O[P+]([O-])([O-])O.CC1(C)CCCC2[C@@H]3CC/C(=C/CO[P+]([O-])(O)O[P+](O)(O)O)C=C3CC[C@@H]21. The fourth-order valence-electron chi connectivity index (χ4n) is 7.59. The van der Waals surface area contributed by atoms with Gasteiger partial charge in [-0.25, -0.2) is 4.89 Å². The molecule has 6 N–H and O–H groups in total. The number of unbranched alkanes of at least 4 members (excludes halogenated alkanes) is 1. The van der Waals surface area contributed by atoms with Gasteiger partial charge in [0.2, 0.25) is 0 Å². The Morgan fingerprint density at radius 3 is 2.02 bits per heavy atom. The van der Waals surface area contributed by atoms with E-state index in [4.69, 9.17) is 24.5 Å². The molecule has 2 saturated carbocycles. The van der Waals surface area contributed by atoms with Gasteiger partial charge in [0, 0.05) is 0 Å². The molecule has 5 atom stereocenters. The van der Waals surface area contributed by atoms with Crippen molar-refractivity contribution >= 4 is 32.7 Å². The molecule has 3 rings (SSSR count). The molecule has 3 unspecified atom stereocenters. The highest BCUT2D eigenvalue weighted by molar-refractivity contribution is 7.66. The van der Waals surface area contributed by atoms with Gasteiger partial charge in [0.05, 0.1) is 4.31 Å². The largest absolute Gasteiger partial charge is 0.631 e. The lowest BCUT2D eigenvalue weighted by molar-refractivity contribution is -0.360. The third-order valence-corrected chi connectivity index (χ3v) is 14.5. The number of phosphoric ester groups is 2. The van der Waals surface area contributed by atoms with Gasteiger partial charge in [0.25, 0.3) is 8.17 Å². The highest BCUT2D eigenvalue weighted by Crippen LogP contribution is 2.64. The van der Waals surface area contributed by atoms with Crippen molar-refractivity contribution in [3.63, 3.8) is 0 Å². The summed E-state index contributed by atoms with van der Waals surface area (Å²) in [6.45, 7) is 12.5. The fourth-order valence-corrected chi connectivity index (χ4v) is 10.6. The molecule has 3 aliphatic rings. The van der Waals surface area contributed by atoms with E-state index in [9.17, 15) is 24.5 Å². The van der Waals surface area contributed by atoms with Gasteiger partial charge in [0.1, 0.15) is 13.2 Å². The Kier molecular flexibility index (Phi) is 21.6. The van der Waals surface area contributed by atoms with Crippen LogP contribution in [0.15, 0.2) is 70.4 Å². The van der Waals surface area contributed by atoms with Crippen LogP contribution in [0.4, 0.5) is 0 Å². The molecule has 0 amide bonds. The number of hydrogen-bond acceptors (Lipinski definition) is 14. The molecule has 2 fully saturated rings. The zero-order valence-corrected chi connectivity index (χ0v) is 36.7. The summed E-state index contributed by atoms with van der Waals surface area (Å²) in [6.07, 6.45) is 28.4. The second-order valence-corrected chi connectivity index (χ2v) is 21.2. The Bertz CT molecular complexity index is 1370. The van der Waals surface area contributed by atoms with Crippen molar-refractivity contribution in [3.05, 3.63) is 70.4 Å². The molecule has 0 aromatic carbocycles. The van der Waals surface area contributed by atoms with Crippen molar-refractivity contribution in [3.8, 4) is 0 Å². The van der Waals surface area contributed by atoms with Crippen LogP contribution in [0.1, 0.15) is 125 Å². The van der Waals surface area contributed by atoms with Gasteiger partial charge in [-0.05, 0) is 138 Å². The van der Waals surface area contributed by atoms with Gasteiger partial charge in [0.15, 0.2) is 0 Å². The minimum Gasteiger partial charge on any atom is -0.631 e. The molecule has 0 saturated heterocycles. The van der Waals surface area contributed by atoms with Gasteiger partial charge in [-0.1, -0.05) is 85.1 Å². The first-order valence-corrected chi connectivity index (χ1v) is 24.9. The van der Waals surface area contributed by atoms with Crippen molar-refractivity contribution in [2.24, 2.45) is 23.2 Å². The molecular formula is C37H64O14P4. The molecule has 3 aliphatic carbocycles. The van der Waals surface area contributed by atoms with Gasteiger partial charge >= 0.3 is 24.5 Å². The van der Waals surface area contributed by atoms with Crippen LogP contribution in [0.2, 0.25) is 0 Å². The van der Waals surface area contributed by atoms with Crippen molar-refractivity contribution in [2.45, 2.75) is 125 Å². The van der Waals surface area contributed by atoms with Crippen LogP contribution in [-0.4, -0.2) is 42.6 Å². The molecule has 0 aromatic rings. The lowest BCUT2D eigenvalue weighted by Gasteiger charge is -2.52. The Labute approximate surface area is 330 Å². The molecule has 0 heterocycles. The first kappa shape index (κ1) is 50.7. The average molecular weight is 857 g/mol. The number of allylic oxidation sites excluding steroid dienone is 10. The quantitative estimate of drug-likeness (QED) is 0.0468. The van der Waals surface area contributed by atoms with Crippen LogP contribution in [0.3, 0.4) is 0 Å². The molecule has 0 radical (unpaired) electrons. The summed E-state index contributed by atoms with van der Waals surface area (Å²) in [4.78, 5) is 96.7. The van der Waals surface area contributed by atoms with E-state index in [1.54, 1.807) is 12.2 Å². The van der Waals surface area contributed by atoms with Crippen LogP contribution in [0, 0.1) is 23.2 Å². The van der Waals surface area contributed by atoms with Crippen molar-refractivity contribution in [1.29, 1.82) is 0 Å². The Hall–Kier alpha value is -0.400. The van der Waals surface area contributed by atoms with Gasteiger partial charge in [-0.15, -0.1) is 0 Å². The summed E-state index contributed by atoms with van der Waals surface area (Å²) in [5.74, 6) is 2.23. The topological polar surface area (TPSA) is 251 Å². The summed E-state index contributed by atoms with van der Waals surface area (Å²) < 4.78 is 16.6. The lowest BCUT2D eigenvalue weighted by Crippen LogP contribution is -2.42. The molecule has 316 valence electrons. The maximum atomic E-state index is 11.5. The average Bonchev–Trinajstić information content (AvgIpc) is 3.01. The molecule has 18 heteroatoms. The highest BCUT2D eigenvalue weighted by atomic mass is 31.3. The third-order valence-electron chi connectivity index (χ3n) is 10.2. The first-order chi connectivity index (χ1) is 25.4. The Morgan fingerprint density at radius 2 is 1.36 bits per heavy atom. The summed E-state index contributed by atoms with van der Waals surface area (Å²) in [5, 5.41) is 0. The van der Waals surface area contributed by atoms with Crippen LogP contribution in [-0.2, 0) is 17.7 Å². The summed E-state index contributed by atoms with van der Waals surface area (Å²) in [7, 11) is -19.7. The summed E-state index contributed by atoms with van der Waals surface area (Å²) >= 11 is 0. The zero-order valence-electron chi connectivity index (χ0n) is 33.1. The summed E-state index contributed by atoms with van der Waals surface area (Å²) in [6, 6.07) is 0. The van der Waals surface area contributed by atoms with Crippen LogP contribution >= 0.6 is 32.7 Å². The minimum atomic E-state index is -5.33. The Balaban J connectivity index is 0.000000380. The predicted molar refractivity (Wildman–Crippen MR) is 212 cm³/mol. The zero-order chi connectivity index (χ0) is 41.5. The molecular weight excluding hydrogens is 792 g/mol. The smallest absolute Gasteiger partial charge is 0.612 e. The number of phosphoric acid groups is 3. The normalized spacial score (nSPS) is 24.9. The number of fused-ring (bicyclic) bond motifs is 3. The van der Waals surface area contributed by atoms with Crippen LogP contribution in [0.25, 0.3) is 0 Å². The summed E-state index contributed by atoms with van der Waals surface area (Å²) in [5.41, 5.74) is 6.57. The third kappa shape index (κ3) is 22.0. The highest BCUT2D eigenvalue weighted by Gasteiger charge is 2.51. The van der Waals surface area contributed by atoms with Crippen molar-refractivity contribution < 1.29 is 66.6 Å². The first-order valence-electron chi connectivity index (χ1n) is 18.9. The van der Waals surface area contributed by atoms with Crippen molar-refractivity contribution in [1.82, 2.24) is 0 Å². The van der Waals surface area contributed by atoms with Gasteiger partial charge in [-0.2, -0.15) is 33.5 Å². The standard InChI is InChI=1S/C19H34O7P2.C18H30O7P2/c1-17(2)11-8-6-5-7-9-12-18(3)13-10-14-19(4)15-16-25-28(23,24)26-27(20,21)22;1-18(2)10-3-4-16-15-7-5-13(12-14(15)6-8-17(16)18)9-11-24-27(22,23)25-26(19,20)21/h5,7,11,13,15H,6,8-10,12,14,16H2,1-4H3,(H,23,24)(H2,20,21,22);9,12,15-17,19-21H,3-8,10-11H2,1-2H3/b7-5+,18-13+,19-15+;13-9-/t;15-,16?,17+/m.1/s1. The Morgan fingerprint density at radius 1 is 0.745 bits per heavy atom. The van der Waals surface area contributed by atoms with E-state index >= 15 is 0 Å². The lowest BCUT2D eigenvalue weighted by atomic mass is 9.53. The second-order valence-electron chi connectivity index (χ2n) is 15.5. The molecule has 0 aromatic heterocycles. The maximum absolute atomic E-state index is 11.5. The second kappa shape index (κ2) is 23.4. The van der Waals surface area contributed by atoms with E-state index in [1.165, 1.54) is 42.4 Å². The molecule has 0 spiro atoms. The van der Waals surface area contributed by atoms with E-state index < -0.39 is 32.7 Å². The molecule has 55 heavy (non-hydrogen) atoms. The molecule has 14 nitrogen and oxygen atoms in total. The van der Waals surface area contributed by atoms with E-state index in [0.717, 1.165) is 80.8 Å². The monoisotopic (exact) mass is 856 g/mol. The molecule has 0 aliphatic heterocycles. The van der Waals surface area contributed by atoms with E-state index in [2.05, 4.69) is 82.7 Å². The number of hydrogen-bond donors (Lipinski definition) is 6. The van der Waals surface area contributed by atoms with Gasteiger partial charge < -0.3 is 19.6 Å². The fraction of sp³-hybridized carbons (Fsp3) is 0.676. The van der Waals surface area contributed by atoms with Crippen molar-refractivity contribution in [2.75, 3.05) is 13.2 Å². The van der Waals surface area contributed by atoms with Crippen LogP contribution in [0.5, 0.6) is 0 Å².